The summed E-state index contributed by atoms with van der Waals surface area (Å²) in [5, 5.41) is 0.559. The van der Waals surface area contributed by atoms with Crippen LogP contribution in [0.2, 0.25) is 0 Å². The molecule has 3 rings (SSSR count). The predicted octanol–water partition coefficient (Wildman–Crippen LogP) is 6.86. The Kier molecular flexibility index (Phi) is 4.97. The van der Waals surface area contributed by atoms with Crippen LogP contribution in [0, 0.1) is 0 Å². The van der Waals surface area contributed by atoms with Crippen LogP contribution in [0.3, 0.4) is 0 Å². The molecule has 0 fully saturated rings. The first kappa shape index (κ1) is 21.6. The van der Waals surface area contributed by atoms with Crippen LogP contribution in [0.25, 0.3) is 20.2 Å². The third-order valence-corrected chi connectivity index (χ3v) is 6.00. The van der Waals surface area contributed by atoms with Crippen LogP contribution < -0.4 is 0 Å². The lowest BCUT2D eigenvalue weighted by Gasteiger charge is -2.17. The quantitative estimate of drug-likeness (QED) is 0.241. The first-order chi connectivity index (χ1) is 13.1. The molecule has 0 bridgehead atoms. The number of Topliss-reactive ketones (excluding diaryl/α,β-unsaturated/α-hetero) is 2. The van der Waals surface area contributed by atoms with Gasteiger partial charge in [-0.2, -0.15) is 39.5 Å². The second-order valence-electron chi connectivity index (χ2n) is 5.78. The summed E-state index contributed by atoms with van der Waals surface area (Å²) >= 11 is 0.390. The van der Waals surface area contributed by atoms with Gasteiger partial charge in [-0.1, -0.05) is 0 Å². The second kappa shape index (κ2) is 6.69. The van der Waals surface area contributed by atoms with E-state index < -0.39 is 61.9 Å². The molecule has 0 spiro atoms. The zero-order valence-corrected chi connectivity index (χ0v) is 15.1. The van der Waals surface area contributed by atoms with Gasteiger partial charge in [0, 0.05) is 20.2 Å². The zero-order chi connectivity index (χ0) is 21.9. The smallest absolute Gasteiger partial charge is 0.293 e. The van der Waals surface area contributed by atoms with Gasteiger partial charge in [-0.3, -0.25) is 9.59 Å². The average Bonchev–Trinajstić information content (AvgIpc) is 3.16. The van der Waals surface area contributed by atoms with Crippen molar-refractivity contribution in [1.82, 2.24) is 0 Å². The number of hydrogen-bond donors (Lipinski definition) is 0. The second-order valence-corrected chi connectivity index (χ2v) is 7.75. The van der Waals surface area contributed by atoms with Gasteiger partial charge >= 0.3 is 18.5 Å². The van der Waals surface area contributed by atoms with Crippen LogP contribution in [-0.4, -0.2) is 17.7 Å². The molecule has 2 aromatic heterocycles. The minimum atomic E-state index is -5.45. The molecule has 156 valence electrons. The summed E-state index contributed by atoms with van der Waals surface area (Å²) in [6.07, 6.45) is -17.8. The Morgan fingerprint density at radius 1 is 0.828 bits per heavy atom. The van der Waals surface area contributed by atoms with E-state index >= 15 is 0 Å². The number of carbonyl (C=O) groups excluding carboxylic acids is 2. The highest BCUT2D eigenvalue weighted by Gasteiger charge is 2.47. The van der Waals surface area contributed by atoms with Gasteiger partial charge < -0.3 is 0 Å². The Morgan fingerprint density at radius 2 is 1.38 bits per heavy atom. The van der Waals surface area contributed by atoms with Gasteiger partial charge in [0.05, 0.1) is 22.4 Å². The molecule has 2 nitrogen and oxygen atoms in total. The number of halogens is 9. The Balaban J connectivity index is 2.30. The highest BCUT2D eigenvalue weighted by Crippen LogP contribution is 2.51. The Bertz CT molecular complexity index is 1130. The van der Waals surface area contributed by atoms with Crippen molar-refractivity contribution in [2.75, 3.05) is 0 Å². The molecule has 0 aliphatic carbocycles. The molecule has 0 amide bonds. The SMILES string of the molecule is O=C(CC(=O)C(F)(F)F)c1cc2c(s1)c(C(F)(F)F)c(C(F)(F)F)c1sccc12. The third kappa shape index (κ3) is 3.84. The lowest BCUT2D eigenvalue weighted by atomic mass is 10.0. The molecule has 0 saturated carbocycles. The van der Waals surface area contributed by atoms with Gasteiger partial charge in [-0.25, -0.2) is 0 Å². The molecule has 0 atom stereocenters. The summed E-state index contributed by atoms with van der Waals surface area (Å²) in [7, 11) is 0. The molecule has 2 heterocycles. The summed E-state index contributed by atoms with van der Waals surface area (Å²) in [4.78, 5) is 22.3. The molecule has 0 radical (unpaired) electrons. The van der Waals surface area contributed by atoms with Crippen LogP contribution in [-0.2, 0) is 17.1 Å². The van der Waals surface area contributed by atoms with Gasteiger partial charge in [0.1, 0.15) is 0 Å². The van der Waals surface area contributed by atoms with E-state index in [0.29, 0.717) is 11.3 Å². The monoisotopic (exact) mass is 464 g/mol. The summed E-state index contributed by atoms with van der Waals surface area (Å²) in [6, 6.07) is 1.91. The normalized spacial score (nSPS) is 13.4. The average molecular weight is 464 g/mol. The topological polar surface area (TPSA) is 34.1 Å². The third-order valence-electron chi connectivity index (χ3n) is 3.87. The molecule has 1 aromatic carbocycles. The molecule has 0 unspecified atom stereocenters. The van der Waals surface area contributed by atoms with Crippen LogP contribution in [0.5, 0.6) is 0 Å². The summed E-state index contributed by atoms with van der Waals surface area (Å²) in [6.45, 7) is 0. The van der Waals surface area contributed by atoms with Crippen LogP contribution in [0.4, 0.5) is 39.5 Å². The summed E-state index contributed by atoms with van der Waals surface area (Å²) in [5.74, 6) is -3.84. The number of thiophene rings is 2. The largest absolute Gasteiger partial charge is 0.450 e. The van der Waals surface area contributed by atoms with Crippen LogP contribution in [0.1, 0.15) is 27.2 Å². The number of ketones is 2. The first-order valence-corrected chi connectivity index (χ1v) is 9.06. The molecular weight excluding hydrogens is 459 g/mol. The minimum Gasteiger partial charge on any atom is -0.293 e. The van der Waals surface area contributed by atoms with E-state index in [4.69, 9.17) is 0 Å². The van der Waals surface area contributed by atoms with Crippen molar-refractivity contribution < 1.29 is 49.1 Å². The first-order valence-electron chi connectivity index (χ1n) is 7.36. The minimum absolute atomic E-state index is 0.0245. The van der Waals surface area contributed by atoms with Gasteiger partial charge in [0.25, 0.3) is 0 Å². The number of rotatable bonds is 3. The van der Waals surface area contributed by atoms with E-state index in [9.17, 15) is 49.1 Å². The Labute approximate surface area is 162 Å². The summed E-state index contributed by atoms with van der Waals surface area (Å²) < 4.78 is 116. The van der Waals surface area contributed by atoms with E-state index in [2.05, 4.69) is 0 Å². The summed E-state index contributed by atoms with van der Waals surface area (Å²) in [5.41, 5.74) is -3.93. The maximum absolute atomic E-state index is 13.5. The number of fused-ring (bicyclic) bond motifs is 3. The number of benzene rings is 1. The molecule has 0 aliphatic heterocycles. The Morgan fingerprint density at radius 3 is 1.90 bits per heavy atom. The molecule has 0 saturated heterocycles. The Hall–Kier alpha value is -2.15. The number of carbonyl (C=O) groups is 2. The lowest BCUT2D eigenvalue weighted by Crippen LogP contribution is -2.25. The molecule has 3 aromatic rings. The van der Waals surface area contributed by atoms with Crippen molar-refractivity contribution in [3.63, 3.8) is 0 Å². The fourth-order valence-corrected chi connectivity index (χ4v) is 4.89. The van der Waals surface area contributed by atoms with Gasteiger partial charge in [0.15, 0.2) is 5.78 Å². The van der Waals surface area contributed by atoms with Crippen molar-refractivity contribution in [3.05, 3.63) is 33.5 Å². The van der Waals surface area contributed by atoms with E-state index in [1.807, 2.05) is 0 Å². The molecule has 0 N–H and O–H groups in total. The van der Waals surface area contributed by atoms with E-state index in [0.717, 1.165) is 17.5 Å². The van der Waals surface area contributed by atoms with Gasteiger partial charge in [-0.05, 0) is 17.5 Å². The standard InChI is InChI=1S/C16H5F9O2S2/c17-14(18,19)9(27)4-7(26)8-3-6-5-1-2-28-12(5)10(15(20,21)22)11(13(6)29-8)16(23,24)25/h1-3H,4H2. The molecule has 0 aliphatic rings. The molecule has 13 heteroatoms. The maximum atomic E-state index is 13.5. The van der Waals surface area contributed by atoms with Crippen molar-refractivity contribution >= 4 is 54.4 Å². The number of hydrogen-bond acceptors (Lipinski definition) is 4. The van der Waals surface area contributed by atoms with Crippen molar-refractivity contribution in [2.24, 2.45) is 0 Å². The predicted molar refractivity (Wildman–Crippen MR) is 87.2 cm³/mol. The van der Waals surface area contributed by atoms with Crippen molar-refractivity contribution in [1.29, 1.82) is 0 Å². The molecule has 29 heavy (non-hydrogen) atoms. The highest BCUT2D eigenvalue weighted by molar-refractivity contribution is 7.22. The van der Waals surface area contributed by atoms with E-state index in [1.165, 1.54) is 0 Å². The maximum Gasteiger partial charge on any atom is 0.450 e. The van der Waals surface area contributed by atoms with Crippen LogP contribution >= 0.6 is 22.7 Å². The van der Waals surface area contributed by atoms with Crippen LogP contribution in [0.15, 0.2) is 17.5 Å². The zero-order valence-electron chi connectivity index (χ0n) is 13.5. The highest BCUT2D eigenvalue weighted by atomic mass is 32.1. The van der Waals surface area contributed by atoms with E-state index in [-0.39, 0.29) is 22.1 Å². The number of alkyl halides is 9. The fourth-order valence-electron chi connectivity index (χ4n) is 2.73. The lowest BCUT2D eigenvalue weighted by molar-refractivity contribution is -0.170. The van der Waals surface area contributed by atoms with Crippen molar-refractivity contribution in [2.45, 2.75) is 24.9 Å². The van der Waals surface area contributed by atoms with Gasteiger partial charge in [0.2, 0.25) is 5.78 Å². The fraction of sp³-hybridized carbons (Fsp3) is 0.250. The molecular formula is C16H5F9O2S2. The van der Waals surface area contributed by atoms with Crippen molar-refractivity contribution in [3.8, 4) is 0 Å². The van der Waals surface area contributed by atoms with Gasteiger partial charge in [-0.15, -0.1) is 22.7 Å². The van der Waals surface area contributed by atoms with E-state index in [1.54, 1.807) is 0 Å².